The molecule has 0 atom stereocenters. The second kappa shape index (κ2) is 7.10. The lowest BCUT2D eigenvalue weighted by Crippen LogP contribution is -2.20. The molecule has 5 heteroatoms. The molecule has 19 heavy (non-hydrogen) atoms. The lowest BCUT2D eigenvalue weighted by Gasteiger charge is -2.22. The second-order valence-corrected chi connectivity index (χ2v) is 5.85. The zero-order valence-electron chi connectivity index (χ0n) is 11.4. The Morgan fingerprint density at radius 3 is 2.89 bits per heavy atom. The molecule has 0 aliphatic heterocycles. The molecule has 1 heterocycles. The van der Waals surface area contributed by atoms with Crippen LogP contribution >= 0.6 is 15.9 Å². The lowest BCUT2D eigenvalue weighted by atomic mass is 9.98. The van der Waals surface area contributed by atoms with E-state index in [2.05, 4.69) is 26.2 Å². The van der Waals surface area contributed by atoms with E-state index >= 15 is 0 Å². The van der Waals surface area contributed by atoms with E-state index in [1.165, 1.54) is 32.1 Å². The van der Waals surface area contributed by atoms with E-state index in [-0.39, 0.29) is 0 Å². The summed E-state index contributed by atoms with van der Waals surface area (Å²) in [6.45, 7) is 3.47. The summed E-state index contributed by atoms with van der Waals surface area (Å²) in [6.07, 6.45) is 8.54. The Morgan fingerprint density at radius 2 is 2.16 bits per heavy atom. The fourth-order valence-electron chi connectivity index (χ4n) is 2.34. The van der Waals surface area contributed by atoms with Crippen LogP contribution in [-0.2, 0) is 4.74 Å². The van der Waals surface area contributed by atoms with Gasteiger partial charge in [-0.25, -0.2) is 4.98 Å². The smallest absolute Gasteiger partial charge is 0.140 e. The van der Waals surface area contributed by atoms with Gasteiger partial charge in [-0.1, -0.05) is 19.3 Å². The van der Waals surface area contributed by atoms with Crippen molar-refractivity contribution in [1.82, 2.24) is 4.98 Å². The van der Waals surface area contributed by atoms with Crippen LogP contribution in [0.1, 0.15) is 37.7 Å². The number of nitrogens with two attached hydrogens (primary N) is 1. The molecule has 0 amide bonds. The van der Waals surface area contributed by atoms with Crippen LogP contribution in [0.5, 0.6) is 0 Å². The van der Waals surface area contributed by atoms with Crippen molar-refractivity contribution in [3.8, 4) is 0 Å². The second-order valence-electron chi connectivity index (χ2n) is 5.06. The maximum absolute atomic E-state index is 5.87. The number of rotatable bonds is 5. The van der Waals surface area contributed by atoms with E-state index in [1.807, 2.05) is 6.92 Å². The first-order valence-corrected chi connectivity index (χ1v) is 7.74. The molecule has 2 rings (SSSR count). The zero-order chi connectivity index (χ0) is 13.7. The molecule has 1 aromatic heterocycles. The van der Waals surface area contributed by atoms with Gasteiger partial charge in [0.2, 0.25) is 0 Å². The number of anilines is 2. The Hall–Kier alpha value is -0.810. The van der Waals surface area contributed by atoms with E-state index in [4.69, 9.17) is 10.5 Å². The molecule has 0 saturated heterocycles. The van der Waals surface area contributed by atoms with E-state index in [1.54, 1.807) is 6.20 Å². The summed E-state index contributed by atoms with van der Waals surface area (Å²) in [5.74, 6) is 0.832. The Balaban J connectivity index is 1.75. The molecule has 1 aromatic rings. The molecule has 0 bridgehead atoms. The van der Waals surface area contributed by atoms with E-state index in [9.17, 15) is 0 Å². The molecule has 1 saturated carbocycles. The summed E-state index contributed by atoms with van der Waals surface area (Å²) in [4.78, 5) is 4.28. The third-order valence-electron chi connectivity index (χ3n) is 3.60. The highest BCUT2D eigenvalue weighted by Gasteiger charge is 2.13. The Labute approximate surface area is 123 Å². The van der Waals surface area contributed by atoms with Crippen LogP contribution in [0.4, 0.5) is 11.5 Å². The standard InChI is InChI=1S/C14H22BrN3O/c1-10-12(16)9-18-14(13(10)15)17-7-8-19-11-5-3-2-4-6-11/h9,11H,2-8,16H2,1H3,(H,17,18). The average molecular weight is 328 g/mol. The van der Waals surface area contributed by atoms with Crippen LogP contribution in [0.15, 0.2) is 10.7 Å². The molecule has 0 unspecified atom stereocenters. The number of nitrogens with zero attached hydrogens (tertiary/aromatic N) is 1. The van der Waals surface area contributed by atoms with Crippen LogP contribution in [0.3, 0.4) is 0 Å². The number of aromatic nitrogens is 1. The molecule has 0 spiro atoms. The van der Waals surface area contributed by atoms with Crippen LogP contribution in [0, 0.1) is 6.92 Å². The molecule has 4 nitrogen and oxygen atoms in total. The fraction of sp³-hybridized carbons (Fsp3) is 0.643. The van der Waals surface area contributed by atoms with Crippen LogP contribution in [-0.4, -0.2) is 24.2 Å². The van der Waals surface area contributed by atoms with Gasteiger partial charge in [-0.05, 0) is 41.3 Å². The van der Waals surface area contributed by atoms with Crippen molar-refractivity contribution in [2.24, 2.45) is 0 Å². The minimum absolute atomic E-state index is 0.458. The number of ether oxygens (including phenoxy) is 1. The summed E-state index contributed by atoms with van der Waals surface area (Å²) >= 11 is 3.51. The molecule has 1 aliphatic rings. The van der Waals surface area contributed by atoms with Crippen molar-refractivity contribution < 1.29 is 4.74 Å². The first-order valence-electron chi connectivity index (χ1n) is 6.94. The predicted molar refractivity (Wildman–Crippen MR) is 82.4 cm³/mol. The van der Waals surface area contributed by atoms with Crippen LogP contribution < -0.4 is 11.1 Å². The van der Waals surface area contributed by atoms with E-state index in [0.717, 1.165) is 29.0 Å². The van der Waals surface area contributed by atoms with Gasteiger partial charge in [0.1, 0.15) is 5.82 Å². The first kappa shape index (κ1) is 14.6. The molecular weight excluding hydrogens is 306 g/mol. The molecule has 106 valence electrons. The molecule has 1 aliphatic carbocycles. The molecule has 1 fully saturated rings. The van der Waals surface area contributed by atoms with Crippen molar-refractivity contribution in [3.05, 3.63) is 16.2 Å². The highest BCUT2D eigenvalue weighted by Crippen LogP contribution is 2.27. The number of halogens is 1. The minimum Gasteiger partial charge on any atom is -0.397 e. The van der Waals surface area contributed by atoms with Gasteiger partial charge in [0.25, 0.3) is 0 Å². The summed E-state index contributed by atoms with van der Waals surface area (Å²) in [5.41, 5.74) is 7.52. The highest BCUT2D eigenvalue weighted by atomic mass is 79.9. The highest BCUT2D eigenvalue weighted by molar-refractivity contribution is 9.10. The third kappa shape index (κ3) is 4.08. The summed E-state index contributed by atoms with van der Waals surface area (Å²) in [6, 6.07) is 0. The maximum Gasteiger partial charge on any atom is 0.140 e. The SMILES string of the molecule is Cc1c(N)cnc(NCCOC2CCCCC2)c1Br. The Morgan fingerprint density at radius 1 is 1.42 bits per heavy atom. The van der Waals surface area contributed by atoms with Gasteiger partial charge in [-0.15, -0.1) is 0 Å². The van der Waals surface area contributed by atoms with Crippen molar-refractivity contribution in [2.45, 2.75) is 45.1 Å². The van der Waals surface area contributed by atoms with Gasteiger partial charge < -0.3 is 15.8 Å². The van der Waals surface area contributed by atoms with E-state index < -0.39 is 0 Å². The van der Waals surface area contributed by atoms with E-state index in [0.29, 0.717) is 11.8 Å². The van der Waals surface area contributed by atoms with Crippen LogP contribution in [0.2, 0.25) is 0 Å². The number of nitrogen functional groups attached to an aromatic ring is 1. The number of nitrogens with one attached hydrogen (secondary N) is 1. The number of pyridine rings is 1. The Bertz CT molecular complexity index is 419. The van der Waals surface area contributed by atoms with Gasteiger partial charge in [0, 0.05) is 6.54 Å². The molecule has 3 N–H and O–H groups in total. The quantitative estimate of drug-likeness (QED) is 0.812. The zero-order valence-corrected chi connectivity index (χ0v) is 13.0. The normalized spacial score (nSPS) is 16.5. The lowest BCUT2D eigenvalue weighted by molar-refractivity contribution is 0.0347. The minimum atomic E-state index is 0.458. The average Bonchev–Trinajstić information content (AvgIpc) is 2.44. The number of hydrogen-bond donors (Lipinski definition) is 2. The number of hydrogen-bond acceptors (Lipinski definition) is 4. The van der Waals surface area contributed by atoms with Crippen molar-refractivity contribution in [1.29, 1.82) is 0 Å². The van der Waals surface area contributed by atoms with Crippen molar-refractivity contribution in [3.63, 3.8) is 0 Å². The molecular formula is C14H22BrN3O. The topological polar surface area (TPSA) is 60.2 Å². The summed E-state index contributed by atoms with van der Waals surface area (Å²) in [5, 5.41) is 3.28. The maximum atomic E-state index is 5.87. The summed E-state index contributed by atoms with van der Waals surface area (Å²) in [7, 11) is 0. The molecule has 0 radical (unpaired) electrons. The first-order chi connectivity index (χ1) is 9.18. The molecule has 0 aromatic carbocycles. The van der Waals surface area contributed by atoms with Gasteiger partial charge in [-0.3, -0.25) is 0 Å². The summed E-state index contributed by atoms with van der Waals surface area (Å²) < 4.78 is 6.80. The fourth-order valence-corrected chi connectivity index (χ4v) is 2.81. The van der Waals surface area contributed by atoms with Gasteiger partial charge in [-0.2, -0.15) is 0 Å². The van der Waals surface area contributed by atoms with Crippen molar-refractivity contribution in [2.75, 3.05) is 24.2 Å². The monoisotopic (exact) mass is 327 g/mol. The third-order valence-corrected chi connectivity index (χ3v) is 4.57. The van der Waals surface area contributed by atoms with Crippen LogP contribution in [0.25, 0.3) is 0 Å². The Kier molecular flexibility index (Phi) is 5.45. The largest absolute Gasteiger partial charge is 0.397 e. The van der Waals surface area contributed by atoms with Crippen molar-refractivity contribution >= 4 is 27.4 Å². The van der Waals surface area contributed by atoms with Gasteiger partial charge >= 0.3 is 0 Å². The van der Waals surface area contributed by atoms with Gasteiger partial charge in [0.05, 0.1) is 29.1 Å². The predicted octanol–water partition coefficient (Wildman–Crippen LogP) is 3.50. The van der Waals surface area contributed by atoms with Gasteiger partial charge in [0.15, 0.2) is 0 Å².